The fraction of sp³-hybridized carbons (Fsp3) is 0.364. The molecule has 5 heteroatoms. The van der Waals surface area contributed by atoms with Gasteiger partial charge in [0.1, 0.15) is 11.5 Å². The van der Waals surface area contributed by atoms with Gasteiger partial charge in [-0.15, -0.1) is 0 Å². The molecule has 0 radical (unpaired) electrons. The molecular formula is C11H16N2O3. The predicted octanol–water partition coefficient (Wildman–Crippen LogP) is 0.792. The van der Waals surface area contributed by atoms with Gasteiger partial charge in [-0.25, -0.2) is 0 Å². The molecule has 16 heavy (non-hydrogen) atoms. The van der Waals surface area contributed by atoms with Crippen molar-refractivity contribution < 1.29 is 14.3 Å². The third-order valence-electron chi connectivity index (χ3n) is 2.08. The quantitative estimate of drug-likeness (QED) is 0.725. The Morgan fingerprint density at radius 1 is 1.50 bits per heavy atom. The van der Waals surface area contributed by atoms with Crippen LogP contribution in [-0.2, 0) is 4.79 Å². The highest BCUT2D eigenvalue weighted by Gasteiger charge is 2.02. The molecule has 0 atom stereocenters. The molecule has 5 nitrogen and oxygen atoms in total. The molecule has 0 saturated heterocycles. The van der Waals surface area contributed by atoms with Gasteiger partial charge in [0.25, 0.3) is 0 Å². The first-order chi connectivity index (χ1) is 7.67. The zero-order chi connectivity index (χ0) is 12.0. The Morgan fingerprint density at radius 3 is 2.81 bits per heavy atom. The van der Waals surface area contributed by atoms with Crippen LogP contribution in [0.3, 0.4) is 0 Å². The van der Waals surface area contributed by atoms with Crippen LogP contribution in [0.4, 0.5) is 5.69 Å². The number of amides is 1. The summed E-state index contributed by atoms with van der Waals surface area (Å²) >= 11 is 0. The number of hydrogen-bond donors (Lipinski definition) is 2. The van der Waals surface area contributed by atoms with Crippen LogP contribution in [0.25, 0.3) is 0 Å². The summed E-state index contributed by atoms with van der Waals surface area (Å²) in [6, 6.07) is 5.15. The monoisotopic (exact) mass is 224 g/mol. The molecule has 0 aliphatic carbocycles. The second kappa shape index (κ2) is 5.85. The lowest BCUT2D eigenvalue weighted by atomic mass is 10.3. The first-order valence-electron chi connectivity index (χ1n) is 4.94. The highest BCUT2D eigenvalue weighted by molar-refractivity contribution is 5.75. The number of nitrogens with two attached hydrogens (primary N) is 1. The van der Waals surface area contributed by atoms with Crippen LogP contribution in [0.15, 0.2) is 18.2 Å². The molecular weight excluding hydrogens is 208 g/mol. The molecule has 0 heterocycles. The van der Waals surface area contributed by atoms with Crippen LogP contribution >= 0.6 is 0 Å². The standard InChI is InChI=1S/C11H16N2O3/c1-13-11(14)5-6-16-8-3-4-10(15-2)9(12)7-8/h3-4,7H,5-6,12H2,1-2H3,(H,13,14). The number of anilines is 1. The SMILES string of the molecule is CNC(=O)CCOc1ccc(OC)c(N)c1. The maximum Gasteiger partial charge on any atom is 0.223 e. The number of ether oxygens (including phenoxy) is 2. The zero-order valence-corrected chi connectivity index (χ0v) is 9.45. The van der Waals surface area contributed by atoms with Crippen molar-refractivity contribution in [3.8, 4) is 11.5 Å². The van der Waals surface area contributed by atoms with E-state index in [0.29, 0.717) is 30.2 Å². The highest BCUT2D eigenvalue weighted by atomic mass is 16.5. The van der Waals surface area contributed by atoms with Gasteiger partial charge in [-0.05, 0) is 12.1 Å². The molecule has 1 rings (SSSR count). The van der Waals surface area contributed by atoms with Crippen LogP contribution in [-0.4, -0.2) is 26.7 Å². The third kappa shape index (κ3) is 3.34. The fourth-order valence-electron chi connectivity index (χ4n) is 1.19. The first-order valence-corrected chi connectivity index (χ1v) is 4.94. The van der Waals surface area contributed by atoms with Gasteiger partial charge in [-0.1, -0.05) is 0 Å². The first kappa shape index (κ1) is 12.2. The van der Waals surface area contributed by atoms with Gasteiger partial charge in [0.05, 0.1) is 25.8 Å². The summed E-state index contributed by atoms with van der Waals surface area (Å²) in [5, 5.41) is 2.52. The molecule has 0 saturated carbocycles. The summed E-state index contributed by atoms with van der Waals surface area (Å²) in [5.41, 5.74) is 6.22. The lowest BCUT2D eigenvalue weighted by Gasteiger charge is -2.08. The Balaban J connectivity index is 2.49. The van der Waals surface area contributed by atoms with E-state index in [9.17, 15) is 4.79 Å². The fourth-order valence-corrected chi connectivity index (χ4v) is 1.19. The number of nitrogens with one attached hydrogen (secondary N) is 1. The second-order valence-corrected chi connectivity index (χ2v) is 3.18. The Bertz CT molecular complexity index is 366. The van der Waals surface area contributed by atoms with E-state index in [-0.39, 0.29) is 5.91 Å². The van der Waals surface area contributed by atoms with Crippen molar-refractivity contribution in [3.05, 3.63) is 18.2 Å². The van der Waals surface area contributed by atoms with Crippen LogP contribution in [0.1, 0.15) is 6.42 Å². The van der Waals surface area contributed by atoms with E-state index < -0.39 is 0 Å². The smallest absolute Gasteiger partial charge is 0.223 e. The van der Waals surface area contributed by atoms with Gasteiger partial charge in [0, 0.05) is 13.1 Å². The molecule has 0 fully saturated rings. The minimum atomic E-state index is -0.0542. The molecule has 0 aromatic heterocycles. The Kier molecular flexibility index (Phi) is 4.44. The average Bonchev–Trinajstić information content (AvgIpc) is 2.29. The molecule has 0 spiro atoms. The largest absolute Gasteiger partial charge is 0.495 e. The summed E-state index contributed by atoms with van der Waals surface area (Å²) in [7, 11) is 3.14. The zero-order valence-electron chi connectivity index (χ0n) is 9.45. The van der Waals surface area contributed by atoms with Crippen LogP contribution in [0.5, 0.6) is 11.5 Å². The van der Waals surface area contributed by atoms with Gasteiger partial charge in [0.2, 0.25) is 5.91 Å². The van der Waals surface area contributed by atoms with Crippen molar-refractivity contribution in [2.45, 2.75) is 6.42 Å². The summed E-state index contributed by atoms with van der Waals surface area (Å²) < 4.78 is 10.4. The molecule has 1 aromatic carbocycles. The normalized spacial score (nSPS) is 9.62. The van der Waals surface area contributed by atoms with E-state index in [1.54, 1.807) is 32.4 Å². The Morgan fingerprint density at radius 2 is 2.25 bits per heavy atom. The minimum absolute atomic E-state index is 0.0542. The highest BCUT2D eigenvalue weighted by Crippen LogP contribution is 2.25. The van der Waals surface area contributed by atoms with E-state index in [0.717, 1.165) is 0 Å². The molecule has 0 unspecified atom stereocenters. The van der Waals surface area contributed by atoms with Crippen molar-refractivity contribution in [2.75, 3.05) is 26.5 Å². The van der Waals surface area contributed by atoms with Crippen LogP contribution < -0.4 is 20.5 Å². The third-order valence-corrected chi connectivity index (χ3v) is 2.08. The summed E-state index contributed by atoms with van der Waals surface area (Å²) in [6.07, 6.45) is 0.322. The van der Waals surface area contributed by atoms with Crippen LogP contribution in [0.2, 0.25) is 0 Å². The molecule has 88 valence electrons. The van der Waals surface area contributed by atoms with E-state index in [1.807, 2.05) is 0 Å². The number of benzene rings is 1. The summed E-state index contributed by atoms with van der Waals surface area (Å²) in [6.45, 7) is 0.325. The van der Waals surface area contributed by atoms with Gasteiger partial charge in [0.15, 0.2) is 0 Å². The van der Waals surface area contributed by atoms with E-state index in [2.05, 4.69) is 5.32 Å². The maximum absolute atomic E-state index is 10.9. The molecule has 0 aliphatic rings. The molecule has 0 aliphatic heterocycles. The van der Waals surface area contributed by atoms with E-state index >= 15 is 0 Å². The van der Waals surface area contributed by atoms with E-state index in [4.69, 9.17) is 15.2 Å². The molecule has 0 bridgehead atoms. The lowest BCUT2D eigenvalue weighted by Crippen LogP contribution is -2.20. The molecule has 3 N–H and O–H groups in total. The van der Waals surface area contributed by atoms with Gasteiger partial charge >= 0.3 is 0 Å². The van der Waals surface area contributed by atoms with Crippen molar-refractivity contribution in [1.82, 2.24) is 5.32 Å². The number of rotatable bonds is 5. The Hall–Kier alpha value is -1.91. The molecule has 1 aromatic rings. The van der Waals surface area contributed by atoms with Crippen molar-refractivity contribution >= 4 is 11.6 Å². The summed E-state index contributed by atoms with van der Waals surface area (Å²) in [5.74, 6) is 1.18. The van der Waals surface area contributed by atoms with Gasteiger partial charge < -0.3 is 20.5 Å². The lowest BCUT2D eigenvalue weighted by molar-refractivity contribution is -0.121. The van der Waals surface area contributed by atoms with E-state index in [1.165, 1.54) is 0 Å². The van der Waals surface area contributed by atoms with Crippen molar-refractivity contribution in [2.24, 2.45) is 0 Å². The number of carbonyl (C=O) groups excluding carboxylic acids is 1. The van der Waals surface area contributed by atoms with Crippen molar-refractivity contribution in [3.63, 3.8) is 0 Å². The number of hydrogen-bond acceptors (Lipinski definition) is 4. The second-order valence-electron chi connectivity index (χ2n) is 3.18. The average molecular weight is 224 g/mol. The van der Waals surface area contributed by atoms with Gasteiger partial charge in [-0.3, -0.25) is 4.79 Å². The minimum Gasteiger partial charge on any atom is -0.495 e. The number of methoxy groups -OCH3 is 1. The topological polar surface area (TPSA) is 73.6 Å². The van der Waals surface area contributed by atoms with Gasteiger partial charge in [-0.2, -0.15) is 0 Å². The summed E-state index contributed by atoms with van der Waals surface area (Å²) in [4.78, 5) is 10.9. The Labute approximate surface area is 94.5 Å². The number of nitrogen functional groups attached to an aromatic ring is 1. The van der Waals surface area contributed by atoms with Crippen LogP contribution in [0, 0.1) is 0 Å². The van der Waals surface area contributed by atoms with Crippen molar-refractivity contribution in [1.29, 1.82) is 0 Å². The maximum atomic E-state index is 10.9. The molecule has 1 amide bonds. The predicted molar refractivity (Wildman–Crippen MR) is 61.6 cm³/mol. The number of carbonyl (C=O) groups is 1.